The Kier molecular flexibility index (Phi) is 7.13. The number of nitrogens with one attached hydrogen (secondary N) is 1. The van der Waals surface area contributed by atoms with Gasteiger partial charge in [-0.15, -0.1) is 0 Å². The number of ether oxygens (including phenoxy) is 1. The summed E-state index contributed by atoms with van der Waals surface area (Å²) in [6, 6.07) is 5.92. The summed E-state index contributed by atoms with van der Waals surface area (Å²) in [6.45, 7) is 7.31. The molecule has 3 rings (SSSR count). The van der Waals surface area contributed by atoms with E-state index in [9.17, 15) is 19.2 Å². The van der Waals surface area contributed by atoms with Crippen molar-refractivity contribution in [3.63, 3.8) is 0 Å². The van der Waals surface area contributed by atoms with Crippen LogP contribution in [0.1, 0.15) is 76.3 Å². The van der Waals surface area contributed by atoms with Crippen LogP contribution in [0.15, 0.2) is 18.2 Å². The molecule has 7 heteroatoms. The minimum atomic E-state index is -0.753. The molecule has 2 aliphatic rings. The largest absolute Gasteiger partial charge is 0.454 e. The first kappa shape index (κ1) is 23.0. The molecule has 168 valence electrons. The SMILES string of the molecule is CC(C)c1cccc(C(C)C)c1NC(=O)COC(=O)CN1C(=O)C2CCCCC2C1=O. The quantitative estimate of drug-likeness (QED) is 0.529. The van der Waals surface area contributed by atoms with Crippen molar-refractivity contribution in [2.24, 2.45) is 11.8 Å². The topological polar surface area (TPSA) is 92.8 Å². The van der Waals surface area contributed by atoms with Gasteiger partial charge in [-0.05, 0) is 35.8 Å². The lowest BCUT2D eigenvalue weighted by Gasteiger charge is -2.20. The molecule has 2 atom stereocenters. The number of benzene rings is 1. The third-order valence-corrected chi connectivity index (χ3v) is 6.22. The van der Waals surface area contributed by atoms with Gasteiger partial charge in [-0.2, -0.15) is 0 Å². The van der Waals surface area contributed by atoms with Gasteiger partial charge >= 0.3 is 5.97 Å². The van der Waals surface area contributed by atoms with Crippen LogP contribution >= 0.6 is 0 Å². The molecule has 2 unspecified atom stereocenters. The number of fused-ring (bicyclic) bond motifs is 1. The van der Waals surface area contributed by atoms with Crippen molar-refractivity contribution in [2.75, 3.05) is 18.5 Å². The molecule has 0 aromatic heterocycles. The highest BCUT2D eigenvalue weighted by molar-refractivity contribution is 6.07. The van der Waals surface area contributed by atoms with Gasteiger partial charge in [0.1, 0.15) is 6.54 Å². The molecule has 1 aliphatic carbocycles. The molecular formula is C24H32N2O5. The molecule has 1 aromatic rings. The number of hydrogen-bond donors (Lipinski definition) is 1. The molecule has 1 heterocycles. The minimum Gasteiger partial charge on any atom is -0.454 e. The van der Waals surface area contributed by atoms with E-state index in [1.807, 2.05) is 18.2 Å². The van der Waals surface area contributed by atoms with Crippen molar-refractivity contribution in [1.82, 2.24) is 4.90 Å². The molecule has 0 radical (unpaired) electrons. The Morgan fingerprint density at radius 2 is 1.52 bits per heavy atom. The van der Waals surface area contributed by atoms with Gasteiger partial charge in [-0.1, -0.05) is 58.7 Å². The number of para-hydroxylation sites is 1. The summed E-state index contributed by atoms with van der Waals surface area (Å²) >= 11 is 0. The number of rotatable bonds is 7. The maximum absolute atomic E-state index is 12.5. The third kappa shape index (κ3) is 4.97. The van der Waals surface area contributed by atoms with E-state index < -0.39 is 25.0 Å². The van der Waals surface area contributed by atoms with Gasteiger partial charge < -0.3 is 10.1 Å². The summed E-state index contributed by atoms with van der Waals surface area (Å²) in [6.07, 6.45) is 3.23. The van der Waals surface area contributed by atoms with Crippen LogP contribution in [0, 0.1) is 11.8 Å². The summed E-state index contributed by atoms with van der Waals surface area (Å²) in [5.74, 6) is -1.96. The zero-order valence-electron chi connectivity index (χ0n) is 18.8. The molecule has 1 N–H and O–H groups in total. The van der Waals surface area contributed by atoms with Crippen molar-refractivity contribution in [3.05, 3.63) is 29.3 Å². The molecule has 0 spiro atoms. The lowest BCUT2D eigenvalue weighted by molar-refractivity contribution is -0.154. The number of carbonyl (C=O) groups is 4. The minimum absolute atomic E-state index is 0.215. The zero-order valence-corrected chi connectivity index (χ0v) is 18.8. The predicted octanol–water partition coefficient (Wildman–Crippen LogP) is 3.59. The van der Waals surface area contributed by atoms with Crippen LogP contribution in [0.2, 0.25) is 0 Å². The van der Waals surface area contributed by atoms with E-state index in [0.29, 0.717) is 12.8 Å². The molecule has 31 heavy (non-hydrogen) atoms. The van der Waals surface area contributed by atoms with Gasteiger partial charge in [0, 0.05) is 5.69 Å². The van der Waals surface area contributed by atoms with Crippen LogP contribution in [0.25, 0.3) is 0 Å². The van der Waals surface area contributed by atoms with Crippen LogP contribution in [0.5, 0.6) is 0 Å². The Morgan fingerprint density at radius 3 is 2.00 bits per heavy atom. The third-order valence-electron chi connectivity index (χ3n) is 6.22. The standard InChI is InChI=1S/C24H32N2O5/c1-14(2)16-10-7-11-17(15(3)4)22(16)25-20(27)13-31-21(28)12-26-23(29)18-8-5-6-9-19(18)24(26)30/h7,10-11,14-15,18-19H,5-6,8-9,12-13H2,1-4H3,(H,25,27). The Labute approximate surface area is 183 Å². The van der Waals surface area contributed by atoms with Crippen molar-refractivity contribution in [2.45, 2.75) is 65.2 Å². The van der Waals surface area contributed by atoms with Gasteiger partial charge in [0.2, 0.25) is 11.8 Å². The smallest absolute Gasteiger partial charge is 0.326 e. The molecule has 1 aliphatic heterocycles. The van der Waals surface area contributed by atoms with Crippen molar-refractivity contribution in [1.29, 1.82) is 0 Å². The molecule has 1 saturated heterocycles. The van der Waals surface area contributed by atoms with Gasteiger partial charge in [0.25, 0.3) is 5.91 Å². The fourth-order valence-corrected chi connectivity index (χ4v) is 4.58. The Morgan fingerprint density at radius 1 is 1.00 bits per heavy atom. The number of likely N-dealkylation sites (tertiary alicyclic amines) is 1. The van der Waals surface area contributed by atoms with E-state index in [2.05, 4.69) is 33.0 Å². The van der Waals surface area contributed by atoms with Crippen LogP contribution in [-0.4, -0.2) is 41.7 Å². The molecule has 7 nitrogen and oxygen atoms in total. The summed E-state index contributed by atoms with van der Waals surface area (Å²) in [5, 5.41) is 2.89. The lowest BCUT2D eigenvalue weighted by Crippen LogP contribution is -2.37. The first-order valence-electron chi connectivity index (χ1n) is 11.1. The first-order chi connectivity index (χ1) is 14.7. The number of amides is 3. The Bertz CT molecular complexity index is 826. The monoisotopic (exact) mass is 428 g/mol. The van der Waals surface area contributed by atoms with Gasteiger partial charge in [0.05, 0.1) is 11.8 Å². The number of esters is 1. The average Bonchev–Trinajstić information content (AvgIpc) is 2.97. The van der Waals surface area contributed by atoms with E-state index in [-0.39, 0.29) is 35.5 Å². The number of hydrogen-bond acceptors (Lipinski definition) is 5. The number of imide groups is 1. The fourth-order valence-electron chi connectivity index (χ4n) is 4.58. The highest BCUT2D eigenvalue weighted by Gasteiger charge is 2.48. The summed E-state index contributed by atoms with van der Waals surface area (Å²) in [5.41, 5.74) is 2.78. The maximum Gasteiger partial charge on any atom is 0.326 e. The number of anilines is 1. The van der Waals surface area contributed by atoms with Gasteiger partial charge in [-0.25, -0.2) is 0 Å². The van der Waals surface area contributed by atoms with Crippen molar-refractivity contribution in [3.8, 4) is 0 Å². The van der Waals surface area contributed by atoms with Gasteiger partial charge in [-0.3, -0.25) is 24.1 Å². The van der Waals surface area contributed by atoms with Crippen LogP contribution in [0.4, 0.5) is 5.69 Å². The molecule has 1 saturated carbocycles. The van der Waals surface area contributed by atoms with E-state index in [1.165, 1.54) is 0 Å². The Hall–Kier alpha value is -2.70. The second kappa shape index (κ2) is 9.62. The van der Waals surface area contributed by atoms with Crippen molar-refractivity contribution < 1.29 is 23.9 Å². The van der Waals surface area contributed by atoms with E-state index in [4.69, 9.17) is 4.74 Å². The average molecular weight is 429 g/mol. The van der Waals surface area contributed by atoms with Crippen LogP contribution in [0.3, 0.4) is 0 Å². The summed E-state index contributed by atoms with van der Waals surface area (Å²) < 4.78 is 5.09. The first-order valence-corrected chi connectivity index (χ1v) is 11.1. The highest BCUT2D eigenvalue weighted by atomic mass is 16.5. The number of nitrogens with zero attached hydrogens (tertiary/aromatic N) is 1. The molecule has 0 bridgehead atoms. The second-order valence-corrected chi connectivity index (χ2v) is 9.09. The molecule has 1 aromatic carbocycles. The van der Waals surface area contributed by atoms with Crippen LogP contribution < -0.4 is 5.32 Å². The molecular weight excluding hydrogens is 396 g/mol. The maximum atomic E-state index is 12.5. The van der Waals surface area contributed by atoms with Crippen LogP contribution in [-0.2, 0) is 23.9 Å². The predicted molar refractivity (Wildman–Crippen MR) is 116 cm³/mol. The van der Waals surface area contributed by atoms with Crippen molar-refractivity contribution >= 4 is 29.4 Å². The van der Waals surface area contributed by atoms with Gasteiger partial charge in [0.15, 0.2) is 6.61 Å². The lowest BCUT2D eigenvalue weighted by atomic mass is 9.81. The molecule has 2 fully saturated rings. The van der Waals surface area contributed by atoms with E-state index in [0.717, 1.165) is 34.6 Å². The summed E-state index contributed by atoms with van der Waals surface area (Å²) in [7, 11) is 0. The normalized spacial score (nSPS) is 20.9. The number of carbonyl (C=O) groups excluding carboxylic acids is 4. The zero-order chi connectivity index (χ0) is 22.7. The Balaban J connectivity index is 1.59. The van der Waals surface area contributed by atoms with E-state index >= 15 is 0 Å². The molecule has 3 amide bonds. The van der Waals surface area contributed by atoms with E-state index in [1.54, 1.807) is 0 Å². The highest BCUT2D eigenvalue weighted by Crippen LogP contribution is 2.38. The summed E-state index contributed by atoms with van der Waals surface area (Å²) in [4.78, 5) is 50.7. The fraction of sp³-hybridized carbons (Fsp3) is 0.583. The second-order valence-electron chi connectivity index (χ2n) is 9.09.